The van der Waals surface area contributed by atoms with Crippen LogP contribution >= 0.6 is 15.9 Å². The maximum absolute atomic E-state index is 13.3. The van der Waals surface area contributed by atoms with E-state index >= 15 is 0 Å². The summed E-state index contributed by atoms with van der Waals surface area (Å²) >= 11 is 3.35. The van der Waals surface area contributed by atoms with Gasteiger partial charge in [0.2, 0.25) is 0 Å². The first-order chi connectivity index (χ1) is 15.3. The predicted molar refractivity (Wildman–Crippen MR) is 129 cm³/mol. The number of benzene rings is 3. The molecule has 0 spiro atoms. The van der Waals surface area contributed by atoms with E-state index in [-0.39, 0.29) is 4.90 Å². The Kier molecular flexibility index (Phi) is 7.66. The number of nitrogens with one attached hydrogen (secondary N) is 1. The highest BCUT2D eigenvalue weighted by atomic mass is 79.9. The number of aryl methyl sites for hydroxylation is 1. The van der Waals surface area contributed by atoms with Crippen molar-refractivity contribution in [2.24, 2.45) is 5.10 Å². The molecule has 3 aromatic carbocycles. The summed E-state index contributed by atoms with van der Waals surface area (Å²) in [6.45, 7) is 1.43. The second-order valence-corrected chi connectivity index (χ2v) is 9.65. The first-order valence-corrected chi connectivity index (χ1v) is 11.8. The lowest BCUT2D eigenvalue weighted by atomic mass is 10.2. The number of rotatable bonds is 8. The number of ether oxygens (including phenoxy) is 1. The van der Waals surface area contributed by atoms with Crippen molar-refractivity contribution in [3.8, 4) is 5.75 Å². The van der Waals surface area contributed by atoms with E-state index < -0.39 is 22.5 Å². The van der Waals surface area contributed by atoms with Gasteiger partial charge in [-0.25, -0.2) is 13.8 Å². The second-order valence-electron chi connectivity index (χ2n) is 6.87. The number of carbonyl (C=O) groups is 1. The lowest BCUT2D eigenvalue weighted by molar-refractivity contribution is -0.119. The summed E-state index contributed by atoms with van der Waals surface area (Å²) in [5.74, 6) is 0.0742. The number of halogens is 1. The van der Waals surface area contributed by atoms with Crippen LogP contribution in [0, 0.1) is 6.92 Å². The fourth-order valence-electron chi connectivity index (χ4n) is 2.85. The minimum Gasteiger partial charge on any atom is -0.497 e. The van der Waals surface area contributed by atoms with Crippen molar-refractivity contribution in [2.75, 3.05) is 18.0 Å². The summed E-state index contributed by atoms with van der Waals surface area (Å²) in [4.78, 5) is 12.7. The molecule has 166 valence electrons. The number of nitrogens with zero attached hydrogens (tertiary/aromatic N) is 2. The Hall–Kier alpha value is -3.17. The van der Waals surface area contributed by atoms with Gasteiger partial charge in [-0.15, -0.1) is 0 Å². The summed E-state index contributed by atoms with van der Waals surface area (Å²) in [6.07, 6.45) is 1.46. The maximum Gasteiger partial charge on any atom is 0.264 e. The zero-order valence-electron chi connectivity index (χ0n) is 17.5. The molecule has 0 aromatic heterocycles. The summed E-state index contributed by atoms with van der Waals surface area (Å²) in [7, 11) is -2.43. The fraction of sp³-hybridized carbons (Fsp3) is 0.130. The smallest absolute Gasteiger partial charge is 0.264 e. The summed E-state index contributed by atoms with van der Waals surface area (Å²) < 4.78 is 33.6. The zero-order valence-corrected chi connectivity index (χ0v) is 19.9. The Morgan fingerprint density at radius 1 is 1.09 bits per heavy atom. The van der Waals surface area contributed by atoms with Crippen molar-refractivity contribution in [3.05, 3.63) is 88.4 Å². The molecule has 0 atom stereocenters. The molecule has 9 heteroatoms. The normalized spacial score (nSPS) is 11.3. The molecular weight excluding hydrogens is 494 g/mol. The van der Waals surface area contributed by atoms with E-state index in [1.54, 1.807) is 67.8 Å². The van der Waals surface area contributed by atoms with Crippen LogP contribution in [0.15, 0.2) is 87.3 Å². The molecule has 0 aliphatic rings. The number of anilines is 1. The highest BCUT2D eigenvalue weighted by Gasteiger charge is 2.27. The molecule has 0 unspecified atom stereocenters. The molecule has 3 rings (SSSR count). The van der Waals surface area contributed by atoms with Crippen LogP contribution in [-0.4, -0.2) is 34.2 Å². The number of carbonyl (C=O) groups excluding carboxylic acids is 1. The van der Waals surface area contributed by atoms with Gasteiger partial charge in [0.05, 0.1) is 23.9 Å². The lowest BCUT2D eigenvalue weighted by Crippen LogP contribution is -2.39. The molecule has 0 aliphatic heterocycles. The Labute approximate surface area is 195 Å². The van der Waals surface area contributed by atoms with Crippen molar-refractivity contribution in [3.63, 3.8) is 0 Å². The summed E-state index contributed by atoms with van der Waals surface area (Å²) in [5, 5.41) is 3.94. The van der Waals surface area contributed by atoms with Crippen LogP contribution in [0.1, 0.15) is 11.1 Å². The number of methoxy groups -OCH3 is 1. The van der Waals surface area contributed by atoms with E-state index in [0.717, 1.165) is 15.4 Å². The van der Waals surface area contributed by atoms with E-state index in [4.69, 9.17) is 4.74 Å². The molecule has 0 fully saturated rings. The Morgan fingerprint density at radius 2 is 1.81 bits per heavy atom. The van der Waals surface area contributed by atoms with Crippen LogP contribution in [-0.2, 0) is 14.8 Å². The topological polar surface area (TPSA) is 88.1 Å². The molecule has 0 saturated carbocycles. The van der Waals surface area contributed by atoms with Gasteiger partial charge in [0.15, 0.2) is 0 Å². The third-order valence-corrected chi connectivity index (χ3v) is 6.77. The van der Waals surface area contributed by atoms with E-state index in [1.165, 1.54) is 18.3 Å². The van der Waals surface area contributed by atoms with Gasteiger partial charge in [-0.1, -0.05) is 51.8 Å². The number of amides is 1. The molecule has 0 heterocycles. The van der Waals surface area contributed by atoms with E-state index in [9.17, 15) is 13.2 Å². The average molecular weight is 516 g/mol. The van der Waals surface area contributed by atoms with E-state index in [0.29, 0.717) is 15.9 Å². The predicted octanol–water partition coefficient (Wildman–Crippen LogP) is 4.11. The largest absolute Gasteiger partial charge is 0.497 e. The van der Waals surface area contributed by atoms with Gasteiger partial charge in [-0.2, -0.15) is 5.10 Å². The highest BCUT2D eigenvalue weighted by molar-refractivity contribution is 9.10. The van der Waals surface area contributed by atoms with Crippen molar-refractivity contribution in [1.82, 2.24) is 5.43 Å². The minimum absolute atomic E-state index is 0.0933. The Balaban J connectivity index is 1.83. The van der Waals surface area contributed by atoms with Gasteiger partial charge < -0.3 is 4.74 Å². The van der Waals surface area contributed by atoms with Crippen LogP contribution < -0.4 is 14.5 Å². The lowest BCUT2D eigenvalue weighted by Gasteiger charge is -2.24. The van der Waals surface area contributed by atoms with E-state index in [2.05, 4.69) is 26.5 Å². The number of hydrogen-bond acceptors (Lipinski definition) is 5. The van der Waals surface area contributed by atoms with Crippen LogP contribution in [0.4, 0.5) is 5.69 Å². The minimum atomic E-state index is -3.99. The first-order valence-electron chi connectivity index (χ1n) is 9.60. The summed E-state index contributed by atoms with van der Waals surface area (Å²) in [6, 6.07) is 20.4. The van der Waals surface area contributed by atoms with Crippen LogP contribution in [0.25, 0.3) is 0 Å². The Bertz CT molecular complexity index is 1230. The molecule has 1 amide bonds. The van der Waals surface area contributed by atoms with Crippen LogP contribution in [0.5, 0.6) is 5.75 Å². The van der Waals surface area contributed by atoms with Gasteiger partial charge in [-0.3, -0.25) is 9.10 Å². The fourth-order valence-corrected chi connectivity index (χ4v) is 4.65. The molecule has 0 radical (unpaired) electrons. The molecule has 1 N–H and O–H groups in total. The molecular formula is C23H22BrN3O4S. The van der Waals surface area contributed by atoms with Gasteiger partial charge in [0.1, 0.15) is 12.3 Å². The number of hydrazone groups is 1. The van der Waals surface area contributed by atoms with Crippen molar-refractivity contribution in [1.29, 1.82) is 0 Å². The monoisotopic (exact) mass is 515 g/mol. The Morgan fingerprint density at radius 3 is 2.50 bits per heavy atom. The molecule has 0 saturated heterocycles. The molecule has 7 nitrogen and oxygen atoms in total. The van der Waals surface area contributed by atoms with Crippen molar-refractivity contribution >= 4 is 43.8 Å². The van der Waals surface area contributed by atoms with Gasteiger partial charge in [0.25, 0.3) is 15.9 Å². The van der Waals surface area contributed by atoms with Crippen molar-refractivity contribution in [2.45, 2.75) is 11.8 Å². The second kappa shape index (κ2) is 10.4. The SMILES string of the molecule is COc1cccc(/C=N\NC(=O)CN(c2cccc(Br)c2)S(=O)(=O)c2ccc(C)cc2)c1. The zero-order chi connectivity index (χ0) is 23.1. The number of hydrogen-bond donors (Lipinski definition) is 1. The average Bonchev–Trinajstić information content (AvgIpc) is 2.78. The van der Waals surface area contributed by atoms with Gasteiger partial charge >= 0.3 is 0 Å². The molecule has 0 aliphatic carbocycles. The van der Waals surface area contributed by atoms with Crippen LogP contribution in [0.3, 0.4) is 0 Å². The van der Waals surface area contributed by atoms with Crippen LogP contribution in [0.2, 0.25) is 0 Å². The standard InChI is InChI=1S/C23H22BrN3O4S/c1-17-9-11-22(12-10-17)32(29,30)27(20-7-4-6-19(24)14-20)16-23(28)26-25-15-18-5-3-8-21(13-18)31-2/h3-15H,16H2,1-2H3,(H,26,28)/b25-15-. The molecule has 3 aromatic rings. The third kappa shape index (κ3) is 5.95. The van der Waals surface area contributed by atoms with E-state index in [1.807, 2.05) is 6.92 Å². The summed E-state index contributed by atoms with van der Waals surface area (Å²) in [5.41, 5.74) is 4.40. The van der Waals surface area contributed by atoms with Gasteiger partial charge in [0, 0.05) is 4.47 Å². The van der Waals surface area contributed by atoms with Gasteiger partial charge in [-0.05, 0) is 55.0 Å². The first kappa shape index (κ1) is 23.5. The maximum atomic E-state index is 13.3. The third-order valence-electron chi connectivity index (χ3n) is 4.49. The molecule has 0 bridgehead atoms. The highest BCUT2D eigenvalue weighted by Crippen LogP contribution is 2.26. The quantitative estimate of drug-likeness (QED) is 0.361. The number of sulfonamides is 1. The van der Waals surface area contributed by atoms with Crippen molar-refractivity contribution < 1.29 is 17.9 Å². The molecule has 32 heavy (non-hydrogen) atoms.